The first-order valence-electron chi connectivity index (χ1n) is 8.28. The number of nitrogens with zero attached hydrogens (tertiary/aromatic N) is 2. The topological polar surface area (TPSA) is 44.7 Å². The van der Waals surface area contributed by atoms with Crippen LogP contribution in [0.5, 0.6) is 0 Å². The second kappa shape index (κ2) is 6.67. The zero-order valence-corrected chi connectivity index (χ0v) is 14.9. The summed E-state index contributed by atoms with van der Waals surface area (Å²) in [6.07, 6.45) is 5.48. The monoisotopic (exact) mass is 313 g/mol. The van der Waals surface area contributed by atoms with Gasteiger partial charge in [-0.25, -0.2) is 0 Å². The molecule has 1 aliphatic heterocycles. The fourth-order valence-electron chi connectivity index (χ4n) is 3.17. The van der Waals surface area contributed by atoms with Crippen molar-refractivity contribution < 1.29 is 4.21 Å². The van der Waals surface area contributed by atoms with Gasteiger partial charge in [0.25, 0.3) is 0 Å². The number of hydrogen-bond donors (Lipinski definition) is 1. The molecule has 1 unspecified atom stereocenters. The highest BCUT2D eigenvalue weighted by Crippen LogP contribution is 2.47. The van der Waals surface area contributed by atoms with E-state index in [9.17, 15) is 4.21 Å². The van der Waals surface area contributed by atoms with Gasteiger partial charge in [-0.3, -0.25) is 9.20 Å². The molecule has 2 fully saturated rings. The van der Waals surface area contributed by atoms with Gasteiger partial charge in [0, 0.05) is 40.9 Å². The molecule has 0 aromatic rings. The molecule has 4 nitrogen and oxygen atoms in total. The lowest BCUT2D eigenvalue weighted by atomic mass is 9.68. The smallest absolute Gasteiger partial charge is 0.193 e. The maximum Gasteiger partial charge on any atom is 0.193 e. The summed E-state index contributed by atoms with van der Waals surface area (Å²) in [6.45, 7) is 12.0. The van der Waals surface area contributed by atoms with Gasteiger partial charge < -0.3 is 10.2 Å². The summed E-state index contributed by atoms with van der Waals surface area (Å²) >= 11 is 0. The Morgan fingerprint density at radius 2 is 2.05 bits per heavy atom. The Morgan fingerprint density at radius 3 is 2.52 bits per heavy atom. The van der Waals surface area contributed by atoms with Crippen LogP contribution in [0.4, 0.5) is 0 Å². The molecule has 1 saturated heterocycles. The first-order chi connectivity index (χ1) is 9.86. The third kappa shape index (κ3) is 4.21. The number of hydrogen-bond acceptors (Lipinski definition) is 2. The van der Waals surface area contributed by atoms with Gasteiger partial charge in [0.2, 0.25) is 0 Å². The maximum absolute atomic E-state index is 12.1. The summed E-state index contributed by atoms with van der Waals surface area (Å²) in [5.41, 5.74) is 0.588. The number of aliphatic imine (C=N–C) groups is 1. The van der Waals surface area contributed by atoms with Crippen LogP contribution < -0.4 is 5.32 Å². The van der Waals surface area contributed by atoms with Crippen molar-refractivity contribution in [3.63, 3.8) is 0 Å². The van der Waals surface area contributed by atoms with E-state index in [4.69, 9.17) is 4.99 Å². The molecule has 21 heavy (non-hydrogen) atoms. The highest BCUT2D eigenvalue weighted by Gasteiger charge is 2.43. The Kier molecular flexibility index (Phi) is 5.33. The van der Waals surface area contributed by atoms with E-state index in [0.717, 1.165) is 25.6 Å². The molecule has 5 heteroatoms. The molecule has 0 amide bonds. The van der Waals surface area contributed by atoms with Gasteiger partial charge >= 0.3 is 0 Å². The summed E-state index contributed by atoms with van der Waals surface area (Å²) < 4.78 is 12.0. The fraction of sp³-hybridized carbons (Fsp3) is 0.938. The highest BCUT2D eigenvalue weighted by atomic mass is 32.2. The van der Waals surface area contributed by atoms with Crippen molar-refractivity contribution in [3.8, 4) is 0 Å². The van der Waals surface area contributed by atoms with E-state index < -0.39 is 10.8 Å². The third-order valence-electron chi connectivity index (χ3n) is 4.71. The van der Waals surface area contributed by atoms with Crippen LogP contribution in [-0.2, 0) is 10.8 Å². The quantitative estimate of drug-likeness (QED) is 0.640. The normalized spacial score (nSPS) is 23.2. The summed E-state index contributed by atoms with van der Waals surface area (Å²) in [6, 6.07) is 0. The standard InChI is InChI=1S/C16H31N3OS/c1-5-17-14(18-10-12-21(20)15(2,3)4)19-11-9-16(13-19)7-6-8-16/h5-13H2,1-4H3,(H,17,18). The van der Waals surface area contributed by atoms with E-state index in [-0.39, 0.29) is 4.75 Å². The van der Waals surface area contributed by atoms with Crippen molar-refractivity contribution >= 4 is 16.8 Å². The van der Waals surface area contributed by atoms with Crippen molar-refractivity contribution in [1.29, 1.82) is 0 Å². The van der Waals surface area contributed by atoms with E-state index in [1.165, 1.54) is 25.7 Å². The summed E-state index contributed by atoms with van der Waals surface area (Å²) in [5, 5.41) is 3.40. The second-order valence-electron chi connectivity index (χ2n) is 7.42. The van der Waals surface area contributed by atoms with Gasteiger partial charge in [-0.15, -0.1) is 0 Å². The van der Waals surface area contributed by atoms with Gasteiger partial charge in [0.1, 0.15) is 0 Å². The first-order valence-corrected chi connectivity index (χ1v) is 9.60. The molecule has 0 aromatic carbocycles. The van der Waals surface area contributed by atoms with E-state index >= 15 is 0 Å². The average Bonchev–Trinajstić information content (AvgIpc) is 2.81. The maximum atomic E-state index is 12.1. The Morgan fingerprint density at radius 1 is 1.33 bits per heavy atom. The molecular weight excluding hydrogens is 282 g/mol. The molecule has 1 heterocycles. The minimum atomic E-state index is -0.818. The van der Waals surface area contributed by atoms with Crippen molar-refractivity contribution in [3.05, 3.63) is 0 Å². The van der Waals surface area contributed by atoms with Gasteiger partial charge in [-0.05, 0) is 52.4 Å². The van der Waals surface area contributed by atoms with Crippen molar-refractivity contribution in [2.45, 2.75) is 58.1 Å². The van der Waals surface area contributed by atoms with Crippen LogP contribution in [-0.4, -0.2) is 51.7 Å². The van der Waals surface area contributed by atoms with Crippen molar-refractivity contribution in [2.24, 2.45) is 10.4 Å². The Balaban J connectivity index is 1.89. The number of likely N-dealkylation sites (tertiary alicyclic amines) is 1. The number of nitrogens with one attached hydrogen (secondary N) is 1. The lowest BCUT2D eigenvalue weighted by molar-refractivity contribution is 0.151. The van der Waals surface area contributed by atoms with Crippen LogP contribution in [0.15, 0.2) is 4.99 Å². The highest BCUT2D eigenvalue weighted by molar-refractivity contribution is 7.86. The minimum absolute atomic E-state index is 0.141. The lowest BCUT2D eigenvalue weighted by Crippen LogP contribution is -2.42. The first kappa shape index (κ1) is 16.8. The summed E-state index contributed by atoms with van der Waals surface area (Å²) in [7, 11) is -0.818. The molecule has 1 atom stereocenters. The molecule has 2 rings (SSSR count). The Bertz CT molecular complexity index is 410. The molecule has 1 spiro atoms. The molecule has 0 bridgehead atoms. The van der Waals surface area contributed by atoms with E-state index in [1.807, 2.05) is 20.8 Å². The second-order valence-corrected chi connectivity index (χ2v) is 9.75. The van der Waals surface area contributed by atoms with Gasteiger partial charge in [-0.1, -0.05) is 6.42 Å². The van der Waals surface area contributed by atoms with Crippen LogP contribution in [0.2, 0.25) is 0 Å². The number of guanidine groups is 1. The summed E-state index contributed by atoms with van der Waals surface area (Å²) in [5.74, 6) is 1.67. The summed E-state index contributed by atoms with van der Waals surface area (Å²) in [4.78, 5) is 7.12. The lowest BCUT2D eigenvalue weighted by Gasteiger charge is -2.38. The van der Waals surface area contributed by atoms with E-state index in [0.29, 0.717) is 17.7 Å². The number of rotatable bonds is 4. The predicted octanol–water partition coefficient (Wildman–Crippen LogP) is 2.38. The van der Waals surface area contributed by atoms with Crippen molar-refractivity contribution in [2.75, 3.05) is 31.9 Å². The van der Waals surface area contributed by atoms with Crippen LogP contribution in [0.25, 0.3) is 0 Å². The van der Waals surface area contributed by atoms with E-state index in [1.54, 1.807) is 0 Å². The van der Waals surface area contributed by atoms with Gasteiger partial charge in [0.05, 0.1) is 6.54 Å². The Labute approximate surface area is 132 Å². The largest absolute Gasteiger partial charge is 0.357 e. The molecule has 0 aromatic heterocycles. The Hall–Kier alpha value is -0.580. The van der Waals surface area contributed by atoms with Crippen LogP contribution in [0, 0.1) is 5.41 Å². The van der Waals surface area contributed by atoms with Gasteiger partial charge in [-0.2, -0.15) is 0 Å². The zero-order valence-electron chi connectivity index (χ0n) is 14.1. The van der Waals surface area contributed by atoms with Crippen LogP contribution >= 0.6 is 0 Å². The average molecular weight is 314 g/mol. The minimum Gasteiger partial charge on any atom is -0.357 e. The molecule has 1 N–H and O–H groups in total. The molecule has 2 aliphatic rings. The third-order valence-corrected chi connectivity index (χ3v) is 6.63. The van der Waals surface area contributed by atoms with E-state index in [2.05, 4.69) is 17.1 Å². The molecule has 0 radical (unpaired) electrons. The zero-order chi connectivity index (χ0) is 15.5. The van der Waals surface area contributed by atoms with Crippen molar-refractivity contribution in [1.82, 2.24) is 10.2 Å². The molecule has 122 valence electrons. The SMILES string of the molecule is CCNC(=NCCS(=O)C(C)(C)C)N1CCC2(CCC2)C1. The predicted molar refractivity (Wildman–Crippen MR) is 91.2 cm³/mol. The van der Waals surface area contributed by atoms with Crippen LogP contribution in [0.1, 0.15) is 53.4 Å². The molecule has 1 aliphatic carbocycles. The molecule has 1 saturated carbocycles. The fourth-order valence-corrected chi connectivity index (χ4v) is 4.04. The molecular formula is C16H31N3OS. The van der Waals surface area contributed by atoms with Gasteiger partial charge in [0.15, 0.2) is 5.96 Å². The van der Waals surface area contributed by atoms with Crippen LogP contribution in [0.3, 0.4) is 0 Å².